The third-order valence-corrected chi connectivity index (χ3v) is 6.88. The number of hydrogen-bond acceptors (Lipinski definition) is 3. The number of benzene rings is 2. The molecule has 1 N–H and O–H groups in total. The summed E-state index contributed by atoms with van der Waals surface area (Å²) in [4.78, 5) is 14.9. The van der Waals surface area contributed by atoms with Crippen molar-refractivity contribution in [2.75, 3.05) is 25.4 Å². The van der Waals surface area contributed by atoms with E-state index >= 15 is 0 Å². The van der Waals surface area contributed by atoms with Gasteiger partial charge in [-0.25, -0.2) is 0 Å². The summed E-state index contributed by atoms with van der Waals surface area (Å²) >= 11 is 20.0. The molecule has 3 rings (SSSR count). The Morgan fingerprint density at radius 1 is 1.10 bits per heavy atom. The smallest absolute Gasteiger partial charge is 0.224 e. The first kappa shape index (κ1) is 22.8. The maximum Gasteiger partial charge on any atom is 0.224 e. The van der Waals surface area contributed by atoms with E-state index in [-0.39, 0.29) is 11.8 Å². The second-order valence-electron chi connectivity index (χ2n) is 7.28. The number of rotatable bonds is 8. The van der Waals surface area contributed by atoms with Gasteiger partial charge in [-0.15, -0.1) is 0 Å². The van der Waals surface area contributed by atoms with Crippen LogP contribution < -0.4 is 5.32 Å². The summed E-state index contributed by atoms with van der Waals surface area (Å²) in [6, 6.07) is 13.5. The lowest BCUT2D eigenvalue weighted by Crippen LogP contribution is -2.43. The largest absolute Gasteiger partial charge is 0.355 e. The predicted octanol–water partition coefficient (Wildman–Crippen LogP) is 5.91. The molecule has 1 amide bonds. The number of amides is 1. The number of likely N-dealkylation sites (tertiary alicyclic amines) is 1. The van der Waals surface area contributed by atoms with Gasteiger partial charge in [0.2, 0.25) is 5.91 Å². The summed E-state index contributed by atoms with van der Waals surface area (Å²) in [7, 11) is 0. The van der Waals surface area contributed by atoms with E-state index in [1.807, 2.05) is 48.2 Å². The number of hydrogen-bond donors (Lipinski definition) is 1. The quantitative estimate of drug-likeness (QED) is 0.486. The van der Waals surface area contributed by atoms with Gasteiger partial charge >= 0.3 is 0 Å². The first-order valence-electron chi connectivity index (χ1n) is 9.77. The van der Waals surface area contributed by atoms with Crippen LogP contribution in [0.4, 0.5) is 0 Å². The van der Waals surface area contributed by atoms with Gasteiger partial charge in [-0.3, -0.25) is 9.69 Å². The van der Waals surface area contributed by atoms with Gasteiger partial charge in [0.05, 0.1) is 5.92 Å². The molecule has 1 atom stereocenters. The van der Waals surface area contributed by atoms with Crippen LogP contribution in [-0.4, -0.2) is 36.2 Å². The van der Waals surface area contributed by atoms with Crippen LogP contribution in [0.2, 0.25) is 15.1 Å². The SMILES string of the molecule is O=C(NCCSCc1ccc(Cl)cc1)C1CCCN(Cc2ccc(Cl)cc2Cl)C1. The van der Waals surface area contributed by atoms with E-state index in [2.05, 4.69) is 10.2 Å². The minimum Gasteiger partial charge on any atom is -0.355 e. The maximum absolute atomic E-state index is 12.6. The molecule has 1 fully saturated rings. The average molecular weight is 472 g/mol. The summed E-state index contributed by atoms with van der Waals surface area (Å²) in [6.45, 7) is 3.19. The molecule has 156 valence electrons. The van der Waals surface area contributed by atoms with Crippen LogP contribution >= 0.6 is 46.6 Å². The number of piperidine rings is 1. The minimum atomic E-state index is 0.0380. The van der Waals surface area contributed by atoms with E-state index in [1.54, 1.807) is 6.07 Å². The number of halogens is 3. The van der Waals surface area contributed by atoms with E-state index in [9.17, 15) is 4.79 Å². The van der Waals surface area contributed by atoms with E-state index in [0.717, 1.165) is 54.6 Å². The van der Waals surface area contributed by atoms with Crippen molar-refractivity contribution >= 4 is 52.5 Å². The van der Waals surface area contributed by atoms with Crippen molar-refractivity contribution in [3.8, 4) is 0 Å². The molecule has 0 radical (unpaired) electrons. The van der Waals surface area contributed by atoms with Crippen molar-refractivity contribution in [3.63, 3.8) is 0 Å². The minimum absolute atomic E-state index is 0.0380. The summed E-state index contributed by atoms with van der Waals surface area (Å²) in [5.41, 5.74) is 2.30. The summed E-state index contributed by atoms with van der Waals surface area (Å²) < 4.78 is 0. The van der Waals surface area contributed by atoms with Crippen molar-refractivity contribution in [2.45, 2.75) is 25.1 Å². The van der Waals surface area contributed by atoms with Crippen LogP contribution in [0.5, 0.6) is 0 Å². The predicted molar refractivity (Wildman–Crippen MR) is 125 cm³/mol. The van der Waals surface area contributed by atoms with Crippen molar-refractivity contribution in [1.82, 2.24) is 10.2 Å². The Bertz CT molecular complexity index is 816. The highest BCUT2D eigenvalue weighted by atomic mass is 35.5. The Morgan fingerprint density at radius 3 is 2.62 bits per heavy atom. The third kappa shape index (κ3) is 7.37. The first-order chi connectivity index (χ1) is 14.0. The van der Waals surface area contributed by atoms with E-state index in [0.29, 0.717) is 16.6 Å². The van der Waals surface area contributed by atoms with Crippen LogP contribution in [0.15, 0.2) is 42.5 Å². The molecule has 2 aromatic carbocycles. The molecule has 1 aliphatic heterocycles. The topological polar surface area (TPSA) is 32.3 Å². The van der Waals surface area contributed by atoms with Crippen molar-refractivity contribution in [3.05, 3.63) is 68.7 Å². The van der Waals surface area contributed by atoms with Gasteiger partial charge in [0, 0.05) is 46.2 Å². The highest BCUT2D eigenvalue weighted by Crippen LogP contribution is 2.25. The lowest BCUT2D eigenvalue weighted by Gasteiger charge is -2.32. The molecule has 1 saturated heterocycles. The molecule has 0 aliphatic carbocycles. The molecule has 2 aromatic rings. The Kier molecular flexibility index (Phi) is 9.01. The van der Waals surface area contributed by atoms with E-state index < -0.39 is 0 Å². The van der Waals surface area contributed by atoms with Crippen LogP contribution in [0, 0.1) is 5.92 Å². The van der Waals surface area contributed by atoms with Crippen molar-refractivity contribution < 1.29 is 4.79 Å². The van der Waals surface area contributed by atoms with Crippen LogP contribution in [-0.2, 0) is 17.1 Å². The third-order valence-electron chi connectivity index (χ3n) is 5.01. The fraction of sp³-hybridized carbons (Fsp3) is 0.409. The molecule has 7 heteroatoms. The molecular weight excluding hydrogens is 447 g/mol. The Morgan fingerprint density at radius 2 is 1.86 bits per heavy atom. The zero-order chi connectivity index (χ0) is 20.6. The highest BCUT2D eigenvalue weighted by Gasteiger charge is 2.25. The monoisotopic (exact) mass is 470 g/mol. The lowest BCUT2D eigenvalue weighted by molar-refractivity contribution is -0.126. The number of nitrogens with one attached hydrogen (secondary N) is 1. The fourth-order valence-electron chi connectivity index (χ4n) is 3.47. The molecular formula is C22H25Cl3N2OS. The molecule has 1 heterocycles. The second kappa shape index (κ2) is 11.5. The first-order valence-corrected chi connectivity index (χ1v) is 12.1. The normalized spacial score (nSPS) is 17.3. The number of carbonyl (C=O) groups excluding carboxylic acids is 1. The molecule has 0 aromatic heterocycles. The lowest BCUT2D eigenvalue weighted by atomic mass is 9.96. The molecule has 1 unspecified atom stereocenters. The summed E-state index contributed by atoms with van der Waals surface area (Å²) in [6.07, 6.45) is 1.96. The van der Waals surface area contributed by atoms with Crippen LogP contribution in [0.1, 0.15) is 24.0 Å². The summed E-state index contributed by atoms with van der Waals surface area (Å²) in [5.74, 6) is 2.01. The van der Waals surface area contributed by atoms with Crippen LogP contribution in [0.3, 0.4) is 0 Å². The standard InChI is InChI=1S/C22H25Cl3N2OS/c23-19-6-3-16(4-7-19)15-29-11-9-26-22(28)18-2-1-10-27(14-18)13-17-5-8-20(24)12-21(17)25/h3-8,12,18H,1-2,9-11,13-15H2,(H,26,28). The van der Waals surface area contributed by atoms with Crippen LogP contribution in [0.25, 0.3) is 0 Å². The average Bonchev–Trinajstić information content (AvgIpc) is 2.71. The zero-order valence-electron chi connectivity index (χ0n) is 16.2. The molecule has 3 nitrogen and oxygen atoms in total. The number of carbonyl (C=O) groups is 1. The fourth-order valence-corrected chi connectivity index (χ4v) is 4.88. The van der Waals surface area contributed by atoms with Gasteiger partial charge in [0.15, 0.2) is 0 Å². The summed E-state index contributed by atoms with van der Waals surface area (Å²) in [5, 5.41) is 5.18. The van der Waals surface area contributed by atoms with E-state index in [1.165, 1.54) is 5.56 Å². The van der Waals surface area contributed by atoms with Crippen molar-refractivity contribution in [1.29, 1.82) is 0 Å². The van der Waals surface area contributed by atoms with Gasteiger partial charge in [-0.1, -0.05) is 53.0 Å². The molecule has 0 spiro atoms. The second-order valence-corrected chi connectivity index (χ2v) is 9.67. The highest BCUT2D eigenvalue weighted by molar-refractivity contribution is 7.98. The number of thioether (sulfide) groups is 1. The van der Waals surface area contributed by atoms with Gasteiger partial charge < -0.3 is 5.32 Å². The zero-order valence-corrected chi connectivity index (χ0v) is 19.3. The Hall–Kier alpha value is -0.910. The maximum atomic E-state index is 12.6. The van der Waals surface area contributed by atoms with Crippen molar-refractivity contribution in [2.24, 2.45) is 5.92 Å². The molecule has 29 heavy (non-hydrogen) atoms. The van der Waals surface area contributed by atoms with Gasteiger partial charge in [-0.2, -0.15) is 11.8 Å². The Labute approximate surface area is 192 Å². The van der Waals surface area contributed by atoms with E-state index in [4.69, 9.17) is 34.8 Å². The molecule has 0 saturated carbocycles. The van der Waals surface area contributed by atoms with Gasteiger partial charge in [0.1, 0.15) is 0 Å². The molecule has 1 aliphatic rings. The molecule has 0 bridgehead atoms. The van der Waals surface area contributed by atoms with Gasteiger partial charge in [0.25, 0.3) is 0 Å². The Balaban J connectivity index is 1.38. The number of nitrogens with zero attached hydrogens (tertiary/aromatic N) is 1. The van der Waals surface area contributed by atoms with Gasteiger partial charge in [-0.05, 0) is 54.8 Å².